The third-order valence-corrected chi connectivity index (χ3v) is 4.56. The number of hydrogen-bond acceptors (Lipinski definition) is 6. The molecule has 0 fully saturated rings. The zero-order chi connectivity index (χ0) is 24.5. The minimum atomic E-state index is -4.51. The van der Waals surface area contributed by atoms with E-state index >= 15 is 0 Å². The van der Waals surface area contributed by atoms with Crippen molar-refractivity contribution in [3.8, 4) is 28.7 Å². The lowest BCUT2D eigenvalue weighted by atomic mass is 10.1. The summed E-state index contributed by atoms with van der Waals surface area (Å²) in [7, 11) is 0. The van der Waals surface area contributed by atoms with Gasteiger partial charge in [0.05, 0.1) is 11.1 Å². The number of nitrogens with zero attached hydrogens (tertiary/aromatic N) is 4. The fourth-order valence-corrected chi connectivity index (χ4v) is 2.95. The molecule has 0 bridgehead atoms. The third-order valence-electron chi connectivity index (χ3n) is 4.56. The van der Waals surface area contributed by atoms with Crippen LogP contribution < -0.4 is 4.74 Å². The first-order valence-corrected chi connectivity index (χ1v) is 9.65. The van der Waals surface area contributed by atoms with Gasteiger partial charge in [0.1, 0.15) is 0 Å². The highest BCUT2D eigenvalue weighted by molar-refractivity contribution is 5.57. The highest BCUT2D eigenvalue weighted by atomic mass is 19.4. The molecule has 2 heterocycles. The number of halogens is 6. The SMILES string of the molecule is Cc1cc(OCc2nc(-c3cccc(C(F)(F)F)c3)no2)nc(-c2ccc(C(F)(F)F)cc2)n1. The molecule has 2 aromatic carbocycles. The molecule has 0 aliphatic carbocycles. The van der Waals surface area contributed by atoms with Crippen LogP contribution in [0, 0.1) is 6.92 Å². The fourth-order valence-electron chi connectivity index (χ4n) is 2.95. The van der Waals surface area contributed by atoms with Crippen LogP contribution in [0.4, 0.5) is 26.3 Å². The molecule has 176 valence electrons. The van der Waals surface area contributed by atoms with Crippen molar-refractivity contribution < 1.29 is 35.6 Å². The zero-order valence-electron chi connectivity index (χ0n) is 17.3. The standard InChI is InChI=1S/C22H14F6N4O2/c1-12-9-17(30-19(29-12)13-5-7-15(8-6-13)21(23,24)25)33-11-18-31-20(32-34-18)14-3-2-4-16(10-14)22(26,27)28/h2-10H,11H2,1H3. The lowest BCUT2D eigenvalue weighted by molar-refractivity contribution is -0.138. The first kappa shape index (κ1) is 23.2. The van der Waals surface area contributed by atoms with E-state index < -0.39 is 23.5 Å². The largest absolute Gasteiger partial charge is 0.467 e. The van der Waals surface area contributed by atoms with Gasteiger partial charge >= 0.3 is 12.4 Å². The van der Waals surface area contributed by atoms with E-state index in [4.69, 9.17) is 9.26 Å². The molecule has 0 saturated heterocycles. The van der Waals surface area contributed by atoms with E-state index in [2.05, 4.69) is 20.1 Å². The molecule has 4 aromatic rings. The Labute approximate surface area is 188 Å². The summed E-state index contributed by atoms with van der Waals surface area (Å²) < 4.78 is 87.6. The molecule has 6 nitrogen and oxygen atoms in total. The first-order valence-electron chi connectivity index (χ1n) is 9.65. The highest BCUT2D eigenvalue weighted by Gasteiger charge is 2.31. The molecule has 4 rings (SSSR count). The Bertz CT molecular complexity index is 1300. The van der Waals surface area contributed by atoms with Crippen molar-refractivity contribution in [2.45, 2.75) is 25.9 Å². The summed E-state index contributed by atoms with van der Waals surface area (Å²) in [4.78, 5) is 12.4. The van der Waals surface area contributed by atoms with Crippen LogP contribution in [0.5, 0.6) is 5.88 Å². The van der Waals surface area contributed by atoms with Crippen LogP contribution in [0.1, 0.15) is 22.7 Å². The maximum absolute atomic E-state index is 12.9. The highest BCUT2D eigenvalue weighted by Crippen LogP contribution is 2.32. The Balaban J connectivity index is 1.49. The van der Waals surface area contributed by atoms with Crippen LogP contribution in [-0.2, 0) is 19.0 Å². The zero-order valence-corrected chi connectivity index (χ0v) is 17.3. The molecule has 0 amide bonds. The summed E-state index contributed by atoms with van der Waals surface area (Å²) in [5, 5.41) is 3.67. The predicted molar refractivity (Wildman–Crippen MR) is 106 cm³/mol. The summed E-state index contributed by atoms with van der Waals surface area (Å²) in [6.07, 6.45) is -8.97. The summed E-state index contributed by atoms with van der Waals surface area (Å²) in [6.45, 7) is 1.41. The van der Waals surface area contributed by atoms with Gasteiger partial charge in [0.15, 0.2) is 12.4 Å². The average Bonchev–Trinajstić information content (AvgIpc) is 3.26. The molecular formula is C22H14F6N4O2. The number of ether oxygens (including phenoxy) is 1. The Morgan fingerprint density at radius 2 is 1.47 bits per heavy atom. The number of hydrogen-bond donors (Lipinski definition) is 0. The van der Waals surface area contributed by atoms with Gasteiger partial charge in [-0.15, -0.1) is 0 Å². The lowest BCUT2D eigenvalue weighted by Crippen LogP contribution is -2.05. The summed E-state index contributed by atoms with van der Waals surface area (Å²) >= 11 is 0. The molecule has 0 aliphatic rings. The van der Waals surface area contributed by atoms with E-state index in [9.17, 15) is 26.3 Å². The van der Waals surface area contributed by atoms with Crippen molar-refractivity contribution in [2.24, 2.45) is 0 Å². The third kappa shape index (κ3) is 5.33. The van der Waals surface area contributed by atoms with Crippen LogP contribution in [0.2, 0.25) is 0 Å². The number of rotatable bonds is 5. The smallest absolute Gasteiger partial charge is 0.416 e. The lowest BCUT2D eigenvalue weighted by Gasteiger charge is -2.09. The van der Waals surface area contributed by atoms with Gasteiger partial charge in [0, 0.05) is 22.9 Å². The van der Waals surface area contributed by atoms with Gasteiger partial charge in [0.2, 0.25) is 11.7 Å². The van der Waals surface area contributed by atoms with Crippen molar-refractivity contribution in [1.29, 1.82) is 0 Å². The minimum absolute atomic E-state index is 0.0141. The van der Waals surface area contributed by atoms with Gasteiger partial charge in [-0.05, 0) is 31.2 Å². The molecule has 0 unspecified atom stereocenters. The molecule has 2 aromatic heterocycles. The van der Waals surface area contributed by atoms with Crippen molar-refractivity contribution in [3.63, 3.8) is 0 Å². The van der Waals surface area contributed by atoms with Crippen LogP contribution in [-0.4, -0.2) is 20.1 Å². The maximum Gasteiger partial charge on any atom is 0.416 e. The number of aryl methyl sites for hydroxylation is 1. The molecule has 12 heteroatoms. The van der Waals surface area contributed by atoms with Crippen LogP contribution in [0.15, 0.2) is 59.1 Å². The topological polar surface area (TPSA) is 73.9 Å². The normalized spacial score (nSPS) is 12.1. The number of alkyl halides is 6. The summed E-state index contributed by atoms with van der Waals surface area (Å²) in [6, 6.07) is 10.3. The van der Waals surface area contributed by atoms with Gasteiger partial charge in [-0.2, -0.15) is 36.3 Å². The molecule has 0 aliphatic heterocycles. The number of aromatic nitrogens is 4. The average molecular weight is 480 g/mol. The molecule has 0 atom stereocenters. The monoisotopic (exact) mass is 480 g/mol. The summed E-state index contributed by atoms with van der Waals surface area (Å²) in [5.41, 5.74) is -0.679. The van der Waals surface area contributed by atoms with Crippen LogP contribution in [0.25, 0.3) is 22.8 Å². The molecule has 0 spiro atoms. The van der Waals surface area contributed by atoms with E-state index in [-0.39, 0.29) is 35.6 Å². The summed E-state index contributed by atoms with van der Waals surface area (Å²) in [5.74, 6) is 0.189. The quantitative estimate of drug-likeness (QED) is 0.321. The Morgan fingerprint density at radius 3 is 2.15 bits per heavy atom. The van der Waals surface area contributed by atoms with Crippen LogP contribution in [0.3, 0.4) is 0 Å². The Hall–Kier alpha value is -3.96. The van der Waals surface area contributed by atoms with Crippen molar-refractivity contribution in [3.05, 3.63) is 77.3 Å². The molecule has 0 radical (unpaired) electrons. The predicted octanol–water partition coefficient (Wildman–Crippen LogP) is 6.12. The Kier molecular flexibility index (Phi) is 5.98. The second kappa shape index (κ2) is 8.76. The second-order valence-corrected chi connectivity index (χ2v) is 7.13. The Morgan fingerprint density at radius 1 is 0.765 bits per heavy atom. The van der Waals surface area contributed by atoms with E-state index in [1.54, 1.807) is 6.92 Å². The van der Waals surface area contributed by atoms with Gasteiger partial charge in [-0.25, -0.2) is 4.98 Å². The minimum Gasteiger partial charge on any atom is -0.467 e. The van der Waals surface area contributed by atoms with Gasteiger partial charge in [-0.1, -0.05) is 29.4 Å². The molecular weight excluding hydrogens is 466 g/mol. The maximum atomic E-state index is 12.9. The van der Waals surface area contributed by atoms with E-state index in [0.29, 0.717) is 11.3 Å². The molecule has 0 saturated carbocycles. The van der Waals surface area contributed by atoms with Gasteiger partial charge in [0.25, 0.3) is 5.89 Å². The van der Waals surface area contributed by atoms with Gasteiger partial charge < -0.3 is 9.26 Å². The second-order valence-electron chi connectivity index (χ2n) is 7.13. The first-order chi connectivity index (χ1) is 16.0. The van der Waals surface area contributed by atoms with E-state index in [0.717, 1.165) is 24.3 Å². The van der Waals surface area contributed by atoms with Crippen molar-refractivity contribution in [1.82, 2.24) is 20.1 Å². The number of benzene rings is 2. The molecule has 34 heavy (non-hydrogen) atoms. The fraction of sp³-hybridized carbons (Fsp3) is 0.182. The van der Waals surface area contributed by atoms with Gasteiger partial charge in [-0.3, -0.25) is 0 Å². The van der Waals surface area contributed by atoms with E-state index in [1.165, 1.54) is 30.3 Å². The molecule has 0 N–H and O–H groups in total. The van der Waals surface area contributed by atoms with Crippen molar-refractivity contribution >= 4 is 0 Å². The van der Waals surface area contributed by atoms with Crippen molar-refractivity contribution in [2.75, 3.05) is 0 Å². The van der Waals surface area contributed by atoms with E-state index in [1.807, 2.05) is 0 Å². The van der Waals surface area contributed by atoms with Crippen LogP contribution >= 0.6 is 0 Å².